The van der Waals surface area contributed by atoms with Crippen LogP contribution >= 0.6 is 11.8 Å². The second-order valence-corrected chi connectivity index (χ2v) is 5.37. The zero-order valence-corrected chi connectivity index (χ0v) is 10.2. The Bertz CT molecular complexity index is 449. The molecule has 0 atom stereocenters. The van der Waals surface area contributed by atoms with Crippen LogP contribution in [0, 0.1) is 5.82 Å². The highest BCUT2D eigenvalue weighted by atomic mass is 32.2. The lowest BCUT2D eigenvalue weighted by atomic mass is 10.2. The SMILES string of the molecule is CSC1(CNc2ncc(F)cc2C(=O)O)CC1. The number of hydrogen-bond acceptors (Lipinski definition) is 4. The van der Waals surface area contributed by atoms with E-state index < -0.39 is 11.8 Å². The van der Waals surface area contributed by atoms with Gasteiger partial charge in [-0.25, -0.2) is 14.2 Å². The minimum Gasteiger partial charge on any atom is -0.478 e. The third kappa shape index (κ3) is 2.69. The molecule has 1 aromatic heterocycles. The van der Waals surface area contributed by atoms with Crippen molar-refractivity contribution in [3.8, 4) is 0 Å². The molecule has 1 aliphatic rings. The molecule has 1 heterocycles. The Morgan fingerprint density at radius 1 is 1.71 bits per heavy atom. The number of carbonyl (C=O) groups is 1. The van der Waals surface area contributed by atoms with E-state index in [4.69, 9.17) is 5.11 Å². The third-order valence-electron chi connectivity index (χ3n) is 2.90. The molecule has 1 saturated carbocycles. The van der Waals surface area contributed by atoms with Gasteiger partial charge in [0.15, 0.2) is 0 Å². The highest BCUT2D eigenvalue weighted by molar-refractivity contribution is 8.00. The molecule has 92 valence electrons. The average molecular weight is 256 g/mol. The number of nitrogens with one attached hydrogen (secondary N) is 1. The van der Waals surface area contributed by atoms with E-state index in [0.29, 0.717) is 6.54 Å². The molecule has 0 aliphatic heterocycles. The number of aromatic carboxylic acids is 1. The maximum atomic E-state index is 12.9. The second-order valence-electron chi connectivity index (χ2n) is 4.10. The Morgan fingerprint density at radius 3 is 2.94 bits per heavy atom. The van der Waals surface area contributed by atoms with Crippen molar-refractivity contribution in [3.63, 3.8) is 0 Å². The highest BCUT2D eigenvalue weighted by Crippen LogP contribution is 2.47. The number of carboxylic acids is 1. The number of rotatable bonds is 5. The zero-order valence-electron chi connectivity index (χ0n) is 9.36. The van der Waals surface area contributed by atoms with Gasteiger partial charge in [0.25, 0.3) is 0 Å². The van der Waals surface area contributed by atoms with E-state index in [1.807, 2.05) is 6.26 Å². The Morgan fingerprint density at radius 2 is 2.41 bits per heavy atom. The summed E-state index contributed by atoms with van der Waals surface area (Å²) in [4.78, 5) is 14.7. The summed E-state index contributed by atoms with van der Waals surface area (Å²) < 4.78 is 13.1. The van der Waals surface area contributed by atoms with Crippen LogP contribution in [0.3, 0.4) is 0 Å². The number of nitrogens with zero attached hydrogens (tertiary/aromatic N) is 1. The average Bonchev–Trinajstić information content (AvgIpc) is 3.08. The summed E-state index contributed by atoms with van der Waals surface area (Å²) in [6.45, 7) is 0.660. The first-order chi connectivity index (χ1) is 8.06. The number of pyridine rings is 1. The summed E-state index contributed by atoms with van der Waals surface area (Å²) in [5.41, 5.74) is -0.123. The van der Waals surface area contributed by atoms with Crippen molar-refractivity contribution >= 4 is 23.5 Å². The number of hydrogen-bond donors (Lipinski definition) is 2. The molecule has 17 heavy (non-hydrogen) atoms. The van der Waals surface area contributed by atoms with Crippen LogP contribution in [-0.2, 0) is 0 Å². The summed E-state index contributed by atoms with van der Waals surface area (Å²) >= 11 is 1.76. The molecule has 0 spiro atoms. The van der Waals surface area contributed by atoms with Gasteiger partial charge in [-0.2, -0.15) is 11.8 Å². The van der Waals surface area contributed by atoms with Gasteiger partial charge in [0.2, 0.25) is 0 Å². The molecule has 0 aromatic carbocycles. The molecule has 4 nitrogen and oxygen atoms in total. The maximum absolute atomic E-state index is 12.9. The topological polar surface area (TPSA) is 62.2 Å². The van der Waals surface area contributed by atoms with E-state index in [0.717, 1.165) is 25.1 Å². The molecule has 0 bridgehead atoms. The van der Waals surface area contributed by atoms with Gasteiger partial charge < -0.3 is 10.4 Å². The predicted molar refractivity (Wildman–Crippen MR) is 65.1 cm³/mol. The van der Waals surface area contributed by atoms with Crippen LogP contribution in [0.25, 0.3) is 0 Å². The van der Waals surface area contributed by atoms with Crippen LogP contribution in [0.15, 0.2) is 12.3 Å². The maximum Gasteiger partial charge on any atom is 0.339 e. The van der Waals surface area contributed by atoms with Crippen molar-refractivity contribution in [3.05, 3.63) is 23.6 Å². The largest absolute Gasteiger partial charge is 0.478 e. The molecule has 2 N–H and O–H groups in total. The van der Waals surface area contributed by atoms with Gasteiger partial charge in [0.05, 0.1) is 6.20 Å². The van der Waals surface area contributed by atoms with Gasteiger partial charge in [-0.15, -0.1) is 0 Å². The first-order valence-corrected chi connectivity index (χ1v) is 6.47. The third-order valence-corrected chi connectivity index (χ3v) is 4.32. The van der Waals surface area contributed by atoms with Crippen LogP contribution in [0.1, 0.15) is 23.2 Å². The van der Waals surface area contributed by atoms with Crippen LogP contribution in [0.5, 0.6) is 0 Å². The van der Waals surface area contributed by atoms with Crippen LogP contribution in [-0.4, -0.2) is 33.6 Å². The minimum atomic E-state index is -1.17. The molecule has 0 amide bonds. The second kappa shape index (κ2) is 4.52. The smallest absolute Gasteiger partial charge is 0.339 e. The van der Waals surface area contributed by atoms with Crippen LogP contribution in [0.2, 0.25) is 0 Å². The van der Waals surface area contributed by atoms with Crippen LogP contribution < -0.4 is 5.32 Å². The molecule has 0 unspecified atom stereocenters. The van der Waals surface area contributed by atoms with E-state index in [1.165, 1.54) is 0 Å². The molecule has 1 aliphatic carbocycles. The standard InChI is InChI=1S/C11H13FN2O2S/c1-17-11(2-3-11)6-14-9-8(10(15)16)4-7(12)5-13-9/h4-5H,2-3,6H2,1H3,(H,13,14)(H,15,16). The molecule has 6 heteroatoms. The Balaban J connectivity index is 2.12. The van der Waals surface area contributed by atoms with Crippen molar-refractivity contribution in [2.75, 3.05) is 18.1 Å². The predicted octanol–water partition coefficient (Wildman–Crippen LogP) is 2.23. The lowest BCUT2D eigenvalue weighted by molar-refractivity contribution is 0.0697. The lowest BCUT2D eigenvalue weighted by Crippen LogP contribution is -2.20. The quantitative estimate of drug-likeness (QED) is 0.846. The first-order valence-electron chi connectivity index (χ1n) is 5.24. The van der Waals surface area contributed by atoms with Gasteiger partial charge in [-0.1, -0.05) is 0 Å². The summed E-state index contributed by atoms with van der Waals surface area (Å²) in [5.74, 6) is -1.58. The van der Waals surface area contributed by atoms with Gasteiger partial charge in [-0.05, 0) is 25.2 Å². The minimum absolute atomic E-state index is 0.123. The molecule has 2 rings (SSSR count). The molecular formula is C11H13FN2O2S. The number of halogens is 1. The van der Waals surface area contributed by atoms with E-state index in [2.05, 4.69) is 10.3 Å². The normalized spacial score (nSPS) is 16.6. The first kappa shape index (κ1) is 12.2. The summed E-state index contributed by atoms with van der Waals surface area (Å²) in [6.07, 6.45) is 5.29. The monoisotopic (exact) mass is 256 g/mol. The fourth-order valence-corrected chi connectivity index (χ4v) is 2.31. The Hall–Kier alpha value is -1.30. The fraction of sp³-hybridized carbons (Fsp3) is 0.455. The number of thioether (sulfide) groups is 1. The highest BCUT2D eigenvalue weighted by Gasteiger charge is 2.41. The van der Waals surface area contributed by atoms with Crippen molar-refractivity contribution in [2.24, 2.45) is 0 Å². The summed E-state index contributed by atoms with van der Waals surface area (Å²) in [6, 6.07) is 0.982. The summed E-state index contributed by atoms with van der Waals surface area (Å²) in [5, 5.41) is 11.9. The van der Waals surface area contributed by atoms with Crippen molar-refractivity contribution in [1.29, 1.82) is 0 Å². The zero-order chi connectivity index (χ0) is 12.5. The van der Waals surface area contributed by atoms with Gasteiger partial charge >= 0.3 is 5.97 Å². The van der Waals surface area contributed by atoms with Crippen molar-refractivity contribution < 1.29 is 14.3 Å². The van der Waals surface area contributed by atoms with Crippen molar-refractivity contribution in [1.82, 2.24) is 4.98 Å². The van der Waals surface area contributed by atoms with Gasteiger partial charge in [0, 0.05) is 11.3 Å². The Kier molecular flexibility index (Phi) is 3.24. The fourth-order valence-electron chi connectivity index (χ4n) is 1.58. The number of anilines is 1. The van der Waals surface area contributed by atoms with Crippen LogP contribution in [0.4, 0.5) is 10.2 Å². The molecular weight excluding hydrogens is 243 g/mol. The lowest BCUT2D eigenvalue weighted by Gasteiger charge is -2.14. The molecule has 1 aromatic rings. The molecule has 0 saturated heterocycles. The molecule has 1 fully saturated rings. The number of aromatic nitrogens is 1. The van der Waals surface area contributed by atoms with E-state index in [-0.39, 0.29) is 16.1 Å². The van der Waals surface area contributed by atoms with Crippen molar-refractivity contribution in [2.45, 2.75) is 17.6 Å². The van der Waals surface area contributed by atoms with E-state index >= 15 is 0 Å². The van der Waals surface area contributed by atoms with E-state index in [9.17, 15) is 9.18 Å². The Labute approximate surface area is 103 Å². The molecule has 0 radical (unpaired) electrons. The summed E-state index contributed by atoms with van der Waals surface area (Å²) in [7, 11) is 0. The van der Waals surface area contributed by atoms with Gasteiger partial charge in [0.1, 0.15) is 17.2 Å². The van der Waals surface area contributed by atoms with Gasteiger partial charge in [-0.3, -0.25) is 0 Å². The number of carboxylic acid groups (broad SMARTS) is 1. The van der Waals surface area contributed by atoms with E-state index in [1.54, 1.807) is 11.8 Å².